The van der Waals surface area contributed by atoms with Gasteiger partial charge in [0, 0.05) is 25.7 Å². The average molecular weight is 572 g/mol. The molecule has 2 fully saturated rings. The van der Waals surface area contributed by atoms with Crippen LogP contribution < -0.4 is 26.8 Å². The van der Waals surface area contributed by atoms with Crippen molar-refractivity contribution in [2.75, 3.05) is 12.4 Å². The van der Waals surface area contributed by atoms with E-state index in [1.165, 1.54) is 42.8 Å². The standard InChI is InChI=1S/C26H33N7O6S/c1-14-22(40-32-31-14)25(38)29-17(8-9-20(34)24(37)27-2)23(36)30-18-7-4-10-33(26(18)39)13-21(35)28-19-12-15-5-3-6-16(19)11-15/h4,7,10,15-17,19H,3,5-6,8-9,11-13H2,1-2H3,(H,27,37)(H,28,35)(H,29,38)(H,30,36)/t15?,16?,17-,19+/m0/s1. The van der Waals surface area contributed by atoms with Crippen LogP contribution in [-0.2, 0) is 25.7 Å². The molecule has 4 amide bonds. The maximum absolute atomic E-state index is 13.2. The topological polar surface area (TPSA) is 181 Å². The molecule has 2 saturated carbocycles. The van der Waals surface area contributed by atoms with Crippen LogP contribution in [0.25, 0.3) is 0 Å². The van der Waals surface area contributed by atoms with Crippen LogP contribution in [0.2, 0.25) is 0 Å². The highest BCUT2D eigenvalue weighted by Crippen LogP contribution is 2.42. The van der Waals surface area contributed by atoms with Gasteiger partial charge in [0.15, 0.2) is 0 Å². The highest BCUT2D eigenvalue weighted by atomic mass is 32.1. The van der Waals surface area contributed by atoms with E-state index in [1.54, 1.807) is 6.92 Å². The predicted molar refractivity (Wildman–Crippen MR) is 146 cm³/mol. The van der Waals surface area contributed by atoms with Gasteiger partial charge in [0.2, 0.25) is 17.6 Å². The number of pyridine rings is 1. The number of ketones is 1. The predicted octanol–water partition coefficient (Wildman–Crippen LogP) is 0.536. The number of nitrogens with zero attached hydrogens (tertiary/aromatic N) is 3. The molecule has 0 spiro atoms. The monoisotopic (exact) mass is 571 g/mol. The molecule has 13 nitrogen and oxygen atoms in total. The van der Waals surface area contributed by atoms with E-state index in [0.29, 0.717) is 17.5 Å². The number of hydrogen-bond acceptors (Lipinski definition) is 9. The van der Waals surface area contributed by atoms with Crippen molar-refractivity contribution in [2.24, 2.45) is 11.8 Å². The number of aromatic nitrogens is 3. The van der Waals surface area contributed by atoms with Crippen LogP contribution in [0.5, 0.6) is 0 Å². The Morgan fingerprint density at radius 1 is 1.18 bits per heavy atom. The van der Waals surface area contributed by atoms with Crippen LogP contribution in [0.3, 0.4) is 0 Å². The number of carbonyl (C=O) groups excluding carboxylic acids is 5. The highest BCUT2D eigenvalue weighted by molar-refractivity contribution is 7.08. The van der Waals surface area contributed by atoms with E-state index in [0.717, 1.165) is 30.8 Å². The van der Waals surface area contributed by atoms with E-state index < -0.39 is 35.1 Å². The summed E-state index contributed by atoms with van der Waals surface area (Å²) in [5.74, 6) is -2.10. The van der Waals surface area contributed by atoms with E-state index in [2.05, 4.69) is 30.9 Å². The second-order valence-corrected chi connectivity index (χ2v) is 11.1. The highest BCUT2D eigenvalue weighted by Gasteiger charge is 2.37. The third-order valence-electron chi connectivity index (χ3n) is 7.54. The molecular formula is C26H33N7O6S. The minimum absolute atomic E-state index is 0.0930. The first-order chi connectivity index (χ1) is 19.2. The quantitative estimate of drug-likeness (QED) is 0.282. The van der Waals surface area contributed by atoms with Gasteiger partial charge in [0.25, 0.3) is 17.4 Å². The van der Waals surface area contributed by atoms with Crippen LogP contribution >= 0.6 is 11.5 Å². The van der Waals surface area contributed by atoms with Crippen LogP contribution in [0.1, 0.15) is 60.3 Å². The van der Waals surface area contributed by atoms with Gasteiger partial charge in [0.1, 0.15) is 23.2 Å². The van der Waals surface area contributed by atoms with Gasteiger partial charge in [-0.05, 0) is 68.1 Å². The fourth-order valence-corrected chi connectivity index (χ4v) is 6.04. The zero-order valence-electron chi connectivity index (χ0n) is 22.4. The Morgan fingerprint density at radius 3 is 2.67 bits per heavy atom. The Bertz CT molecular complexity index is 1360. The van der Waals surface area contributed by atoms with Crippen LogP contribution in [0.4, 0.5) is 5.69 Å². The third kappa shape index (κ3) is 6.97. The Labute approximate surface area is 234 Å². The van der Waals surface area contributed by atoms with Gasteiger partial charge >= 0.3 is 0 Å². The van der Waals surface area contributed by atoms with Gasteiger partial charge in [-0.25, -0.2) is 0 Å². The number of aryl methyl sites for hydroxylation is 1. The molecule has 4 N–H and O–H groups in total. The van der Waals surface area contributed by atoms with Crippen molar-refractivity contribution in [1.29, 1.82) is 0 Å². The molecule has 2 aliphatic carbocycles. The van der Waals surface area contributed by atoms with Crippen molar-refractivity contribution in [3.05, 3.63) is 39.3 Å². The molecule has 0 aromatic carbocycles. The molecule has 0 saturated heterocycles. The first-order valence-electron chi connectivity index (χ1n) is 13.3. The van der Waals surface area contributed by atoms with E-state index in [9.17, 15) is 28.8 Å². The van der Waals surface area contributed by atoms with Crippen molar-refractivity contribution in [2.45, 2.75) is 70.5 Å². The van der Waals surface area contributed by atoms with E-state index in [4.69, 9.17) is 0 Å². The van der Waals surface area contributed by atoms with E-state index in [1.807, 2.05) is 0 Å². The number of amides is 4. The normalized spacial score (nSPS) is 20.3. The zero-order chi connectivity index (χ0) is 28.8. The fourth-order valence-electron chi connectivity index (χ4n) is 5.48. The van der Waals surface area contributed by atoms with E-state index in [-0.39, 0.29) is 41.9 Å². The molecule has 2 aromatic rings. The summed E-state index contributed by atoms with van der Waals surface area (Å²) in [7, 11) is 1.31. The summed E-state index contributed by atoms with van der Waals surface area (Å²) in [6.07, 6.45) is 6.55. The first kappa shape index (κ1) is 29.1. The number of carbonyl (C=O) groups is 5. The number of fused-ring (bicyclic) bond motifs is 2. The maximum Gasteiger partial charge on any atom is 0.287 e. The number of hydrogen-bond donors (Lipinski definition) is 4. The van der Waals surface area contributed by atoms with Crippen molar-refractivity contribution < 1.29 is 24.0 Å². The van der Waals surface area contributed by atoms with Crippen LogP contribution in [-0.4, -0.2) is 62.7 Å². The van der Waals surface area contributed by atoms with Crippen molar-refractivity contribution in [3.63, 3.8) is 0 Å². The molecule has 4 atom stereocenters. The molecule has 2 heterocycles. The van der Waals surface area contributed by atoms with Gasteiger partial charge < -0.3 is 25.8 Å². The summed E-state index contributed by atoms with van der Waals surface area (Å²) in [6, 6.07) is 1.79. The van der Waals surface area contributed by atoms with E-state index >= 15 is 0 Å². The van der Waals surface area contributed by atoms with Gasteiger partial charge in [-0.2, -0.15) is 0 Å². The number of likely N-dealkylation sites (N-methyl/N-ethyl adjacent to an activating group) is 1. The molecule has 2 aromatic heterocycles. The average Bonchev–Trinajstić information content (AvgIpc) is 3.48. The lowest BCUT2D eigenvalue weighted by Gasteiger charge is -2.22. The molecule has 14 heteroatoms. The van der Waals surface area contributed by atoms with Crippen molar-refractivity contribution in [1.82, 2.24) is 30.1 Å². The molecular weight excluding hydrogens is 538 g/mol. The van der Waals surface area contributed by atoms with Gasteiger partial charge in [-0.1, -0.05) is 17.3 Å². The molecule has 0 radical (unpaired) electrons. The lowest BCUT2D eigenvalue weighted by molar-refractivity contribution is -0.137. The third-order valence-corrected chi connectivity index (χ3v) is 8.36. The molecule has 2 unspecified atom stereocenters. The summed E-state index contributed by atoms with van der Waals surface area (Å²) in [5.41, 5.74) is -0.317. The largest absolute Gasteiger partial charge is 0.353 e. The smallest absolute Gasteiger partial charge is 0.287 e. The Morgan fingerprint density at radius 2 is 1.98 bits per heavy atom. The summed E-state index contributed by atoms with van der Waals surface area (Å²) < 4.78 is 4.92. The Kier molecular flexibility index (Phi) is 9.40. The zero-order valence-corrected chi connectivity index (χ0v) is 23.2. The molecule has 2 aliphatic rings. The number of nitrogens with one attached hydrogen (secondary N) is 4. The Balaban J connectivity index is 1.43. The summed E-state index contributed by atoms with van der Waals surface area (Å²) in [4.78, 5) is 75.7. The van der Waals surface area contributed by atoms with Crippen molar-refractivity contribution in [3.8, 4) is 0 Å². The minimum atomic E-state index is -1.25. The number of rotatable bonds is 11. The van der Waals surface area contributed by atoms with Crippen LogP contribution in [0.15, 0.2) is 23.1 Å². The second-order valence-electron chi connectivity index (χ2n) is 10.3. The van der Waals surface area contributed by atoms with Gasteiger partial charge in [-0.3, -0.25) is 28.8 Å². The molecule has 2 bridgehead atoms. The summed E-state index contributed by atoms with van der Waals surface area (Å²) in [5, 5.41) is 14.1. The maximum atomic E-state index is 13.2. The Hall–Kier alpha value is -3.94. The lowest BCUT2D eigenvalue weighted by atomic mass is 9.89. The lowest BCUT2D eigenvalue weighted by Crippen LogP contribution is -2.45. The first-order valence-corrected chi connectivity index (χ1v) is 14.1. The van der Waals surface area contributed by atoms with Crippen molar-refractivity contribution >= 4 is 46.6 Å². The SMILES string of the molecule is CNC(=O)C(=O)CC[C@H](NC(=O)c1snnc1C)C(=O)Nc1cccn(CC(=O)N[C@@H]2CC3CCCC2C3)c1=O. The number of Topliss-reactive ketones (excluding diaryl/α,β-unsaturated/α-hetero) is 1. The van der Waals surface area contributed by atoms with Gasteiger partial charge in [-0.15, -0.1) is 5.10 Å². The molecule has 4 rings (SSSR count). The molecule has 0 aliphatic heterocycles. The summed E-state index contributed by atoms with van der Waals surface area (Å²) in [6.45, 7) is 1.39. The number of anilines is 1. The molecule has 40 heavy (non-hydrogen) atoms. The fraction of sp³-hybridized carbons (Fsp3) is 0.538. The minimum Gasteiger partial charge on any atom is -0.353 e. The second kappa shape index (κ2) is 12.9. The van der Waals surface area contributed by atoms with Gasteiger partial charge in [0.05, 0.1) is 5.69 Å². The van der Waals surface area contributed by atoms with Crippen LogP contribution in [0, 0.1) is 18.8 Å². The molecule has 214 valence electrons. The summed E-state index contributed by atoms with van der Waals surface area (Å²) >= 11 is 0.847.